The molecule has 6 nitrogen and oxygen atoms in total. The van der Waals surface area contributed by atoms with Crippen LogP contribution in [-0.2, 0) is 4.79 Å². The number of nitrogens with one attached hydrogen (secondary N) is 2. The smallest absolute Gasteiger partial charge is 0.287 e. The summed E-state index contributed by atoms with van der Waals surface area (Å²) in [7, 11) is 0. The van der Waals surface area contributed by atoms with Gasteiger partial charge in [-0.3, -0.25) is 14.6 Å². The summed E-state index contributed by atoms with van der Waals surface area (Å²) in [5.41, 5.74) is 3.58. The van der Waals surface area contributed by atoms with E-state index in [1.165, 1.54) is 17.6 Å². The van der Waals surface area contributed by atoms with Crippen LogP contribution in [0.2, 0.25) is 0 Å². The number of amides is 2. The van der Waals surface area contributed by atoms with Crippen LogP contribution in [0.1, 0.15) is 20.9 Å². The lowest BCUT2D eigenvalue weighted by Crippen LogP contribution is -2.32. The van der Waals surface area contributed by atoms with Gasteiger partial charge in [0.25, 0.3) is 11.8 Å². The van der Waals surface area contributed by atoms with Crippen molar-refractivity contribution in [3.05, 3.63) is 94.1 Å². The Morgan fingerprint density at radius 2 is 1.81 bits per heavy atom. The summed E-state index contributed by atoms with van der Waals surface area (Å²) in [5.74, 6) is -0.901. The molecule has 0 spiro atoms. The molecule has 0 aliphatic rings. The van der Waals surface area contributed by atoms with Gasteiger partial charge in [-0.25, -0.2) is 5.43 Å². The van der Waals surface area contributed by atoms with Crippen LogP contribution in [-0.4, -0.2) is 23.0 Å². The van der Waals surface area contributed by atoms with E-state index in [1.54, 1.807) is 48.7 Å². The number of nitrogens with zero attached hydrogens (tertiary/aromatic N) is 2. The third-order valence-corrected chi connectivity index (χ3v) is 4.23. The molecule has 2 aromatic heterocycles. The lowest BCUT2D eigenvalue weighted by atomic mass is 10.2. The summed E-state index contributed by atoms with van der Waals surface area (Å²) in [4.78, 5) is 29.8. The number of hydrogen-bond donors (Lipinski definition) is 2. The lowest BCUT2D eigenvalue weighted by Gasteiger charge is -2.08. The van der Waals surface area contributed by atoms with Gasteiger partial charge >= 0.3 is 0 Å². The van der Waals surface area contributed by atoms with E-state index in [-0.39, 0.29) is 11.6 Å². The van der Waals surface area contributed by atoms with Gasteiger partial charge in [0.1, 0.15) is 5.70 Å². The zero-order chi connectivity index (χ0) is 18.9. The van der Waals surface area contributed by atoms with Crippen molar-refractivity contribution in [2.24, 2.45) is 5.10 Å². The SMILES string of the molecule is O=C(NN=Cc1ccccn1)/C(=C\c1cccs1)NC(=O)c1ccccc1. The first-order chi connectivity index (χ1) is 13.2. The standard InChI is InChI=1S/C20H16N4O2S/c25-19(15-7-2-1-3-8-15)23-18(13-17-10-6-12-27-17)20(26)24-22-14-16-9-4-5-11-21-16/h1-14H,(H,23,25)(H,24,26)/b18-13+,22-14?. The van der Waals surface area contributed by atoms with Gasteiger partial charge in [0.15, 0.2) is 0 Å². The molecule has 0 atom stereocenters. The van der Waals surface area contributed by atoms with E-state index < -0.39 is 5.91 Å². The van der Waals surface area contributed by atoms with Crippen molar-refractivity contribution < 1.29 is 9.59 Å². The molecule has 2 N–H and O–H groups in total. The topological polar surface area (TPSA) is 83.4 Å². The summed E-state index contributed by atoms with van der Waals surface area (Å²) in [6, 6.07) is 17.8. The van der Waals surface area contributed by atoms with E-state index in [2.05, 4.69) is 20.8 Å². The van der Waals surface area contributed by atoms with E-state index >= 15 is 0 Å². The van der Waals surface area contributed by atoms with Gasteiger partial charge in [0.2, 0.25) is 0 Å². The second-order valence-corrected chi connectivity index (χ2v) is 6.33. The minimum atomic E-state index is -0.528. The molecule has 3 aromatic rings. The molecule has 0 aliphatic heterocycles. The van der Waals surface area contributed by atoms with Crippen molar-refractivity contribution in [2.45, 2.75) is 0 Å². The second kappa shape index (κ2) is 9.21. The van der Waals surface area contributed by atoms with Crippen LogP contribution in [0.25, 0.3) is 6.08 Å². The fraction of sp³-hybridized carbons (Fsp3) is 0. The zero-order valence-electron chi connectivity index (χ0n) is 14.2. The molecule has 2 heterocycles. The van der Waals surface area contributed by atoms with Crippen LogP contribution in [0, 0.1) is 0 Å². The van der Waals surface area contributed by atoms with Gasteiger partial charge in [-0.2, -0.15) is 5.10 Å². The number of hydrazone groups is 1. The molecule has 27 heavy (non-hydrogen) atoms. The maximum atomic E-state index is 12.5. The predicted octanol–water partition coefficient (Wildman–Crippen LogP) is 3.06. The maximum Gasteiger partial charge on any atom is 0.287 e. The number of aromatic nitrogens is 1. The molecule has 0 aliphatic carbocycles. The van der Waals surface area contributed by atoms with Gasteiger partial charge in [-0.1, -0.05) is 30.3 Å². The summed E-state index contributed by atoms with van der Waals surface area (Å²) < 4.78 is 0. The quantitative estimate of drug-likeness (QED) is 0.394. The van der Waals surface area contributed by atoms with Crippen LogP contribution >= 0.6 is 11.3 Å². The molecule has 0 unspecified atom stereocenters. The van der Waals surface area contributed by atoms with E-state index in [1.807, 2.05) is 29.6 Å². The van der Waals surface area contributed by atoms with Crippen LogP contribution < -0.4 is 10.7 Å². The van der Waals surface area contributed by atoms with Crippen LogP contribution in [0.3, 0.4) is 0 Å². The first-order valence-electron chi connectivity index (χ1n) is 8.08. The van der Waals surface area contributed by atoms with Crippen molar-refractivity contribution >= 4 is 35.4 Å². The molecular formula is C20H16N4O2S. The van der Waals surface area contributed by atoms with Crippen LogP contribution in [0.5, 0.6) is 0 Å². The minimum Gasteiger partial charge on any atom is -0.317 e. The van der Waals surface area contributed by atoms with E-state index in [9.17, 15) is 9.59 Å². The molecule has 0 saturated carbocycles. The highest BCUT2D eigenvalue weighted by atomic mass is 32.1. The Bertz CT molecular complexity index is 952. The summed E-state index contributed by atoms with van der Waals surface area (Å²) >= 11 is 1.46. The molecule has 3 rings (SSSR count). The molecule has 0 radical (unpaired) electrons. The highest BCUT2D eigenvalue weighted by Crippen LogP contribution is 2.13. The number of rotatable bonds is 6. The van der Waals surface area contributed by atoms with Crippen molar-refractivity contribution in [3.8, 4) is 0 Å². The fourth-order valence-electron chi connectivity index (χ4n) is 2.13. The average Bonchev–Trinajstić information content (AvgIpc) is 3.22. The minimum absolute atomic E-state index is 0.101. The Balaban J connectivity index is 1.74. The third-order valence-electron chi connectivity index (χ3n) is 3.41. The molecule has 0 bridgehead atoms. The number of benzene rings is 1. The third kappa shape index (κ3) is 5.45. The molecule has 1 aromatic carbocycles. The van der Waals surface area contributed by atoms with Gasteiger partial charge < -0.3 is 5.32 Å². The molecular weight excluding hydrogens is 360 g/mol. The highest BCUT2D eigenvalue weighted by molar-refractivity contribution is 7.10. The number of thiophene rings is 1. The Hall–Kier alpha value is -3.58. The van der Waals surface area contributed by atoms with Crippen molar-refractivity contribution in [1.29, 1.82) is 0 Å². The van der Waals surface area contributed by atoms with E-state index in [0.717, 1.165) is 4.88 Å². The van der Waals surface area contributed by atoms with Crippen molar-refractivity contribution in [1.82, 2.24) is 15.7 Å². The lowest BCUT2D eigenvalue weighted by molar-refractivity contribution is -0.117. The van der Waals surface area contributed by atoms with Gasteiger partial charge in [-0.05, 0) is 41.8 Å². The number of hydrogen-bond acceptors (Lipinski definition) is 5. The largest absolute Gasteiger partial charge is 0.317 e. The number of carbonyl (C=O) groups is 2. The zero-order valence-corrected chi connectivity index (χ0v) is 15.0. The number of carbonyl (C=O) groups excluding carboxylic acids is 2. The molecule has 134 valence electrons. The van der Waals surface area contributed by atoms with Crippen LogP contribution in [0.15, 0.2) is 83.0 Å². The fourth-order valence-corrected chi connectivity index (χ4v) is 2.78. The molecule has 7 heteroatoms. The Morgan fingerprint density at radius 3 is 2.52 bits per heavy atom. The van der Waals surface area contributed by atoms with Gasteiger partial charge in [-0.15, -0.1) is 11.3 Å². The monoisotopic (exact) mass is 376 g/mol. The van der Waals surface area contributed by atoms with E-state index in [4.69, 9.17) is 0 Å². The summed E-state index contributed by atoms with van der Waals surface area (Å²) in [5, 5.41) is 8.43. The van der Waals surface area contributed by atoms with Gasteiger partial charge in [0, 0.05) is 16.6 Å². The highest BCUT2D eigenvalue weighted by Gasteiger charge is 2.14. The average molecular weight is 376 g/mol. The normalized spacial score (nSPS) is 11.3. The molecule has 2 amide bonds. The molecule has 0 fully saturated rings. The maximum absolute atomic E-state index is 12.5. The predicted molar refractivity (Wildman–Crippen MR) is 106 cm³/mol. The van der Waals surface area contributed by atoms with Crippen LogP contribution in [0.4, 0.5) is 0 Å². The first kappa shape index (κ1) is 18.2. The Labute approximate surface area is 160 Å². The first-order valence-corrected chi connectivity index (χ1v) is 8.96. The molecule has 0 saturated heterocycles. The van der Waals surface area contributed by atoms with E-state index in [0.29, 0.717) is 11.3 Å². The summed E-state index contributed by atoms with van der Waals surface area (Å²) in [6.45, 7) is 0. The van der Waals surface area contributed by atoms with Crippen molar-refractivity contribution in [2.75, 3.05) is 0 Å². The number of pyridine rings is 1. The van der Waals surface area contributed by atoms with Crippen molar-refractivity contribution in [3.63, 3.8) is 0 Å². The Morgan fingerprint density at radius 1 is 1.00 bits per heavy atom. The van der Waals surface area contributed by atoms with Gasteiger partial charge in [0.05, 0.1) is 11.9 Å². The summed E-state index contributed by atoms with van der Waals surface area (Å²) in [6.07, 6.45) is 4.67. The Kier molecular flexibility index (Phi) is 6.21. The second-order valence-electron chi connectivity index (χ2n) is 5.35.